The average Bonchev–Trinajstić information content (AvgIpc) is 3.23. The van der Waals surface area contributed by atoms with Crippen LogP contribution in [0.25, 0.3) is 21.6 Å². The van der Waals surface area contributed by atoms with Gasteiger partial charge in [-0.2, -0.15) is 15.4 Å². The molecular weight excluding hydrogens is 317 g/mol. The lowest BCUT2D eigenvalue weighted by molar-refractivity contribution is 0.305. The number of H-pyrrole nitrogens is 1. The maximum Gasteiger partial charge on any atom is 0.141 e. The number of rotatable bonds is 4. The Morgan fingerprint density at radius 1 is 1.22 bits per heavy atom. The Balaban J connectivity index is 1.75. The number of nitrogens with one attached hydrogen (secondary N) is 1. The van der Waals surface area contributed by atoms with Gasteiger partial charge in [0.25, 0.3) is 0 Å². The molecule has 0 aliphatic carbocycles. The van der Waals surface area contributed by atoms with E-state index in [1.54, 1.807) is 12.3 Å². The van der Waals surface area contributed by atoms with Gasteiger partial charge in [-0.25, -0.2) is 9.37 Å². The van der Waals surface area contributed by atoms with Gasteiger partial charge >= 0.3 is 0 Å². The summed E-state index contributed by atoms with van der Waals surface area (Å²) < 4.78 is 20.2. The van der Waals surface area contributed by atoms with E-state index in [-0.39, 0.29) is 12.4 Å². The Morgan fingerprint density at radius 2 is 2.17 bits per heavy atom. The zero-order valence-corrected chi connectivity index (χ0v) is 12.5. The van der Waals surface area contributed by atoms with Crippen LogP contribution in [0.15, 0.2) is 42.0 Å². The zero-order valence-electron chi connectivity index (χ0n) is 11.7. The number of nitrogens with zero attached hydrogens (tertiary/aromatic N) is 4. The maximum atomic E-state index is 13.4. The SMILES string of the molecule is Fc1ccnc(-c2cc(OCc3cn[nH]n3)c3sccc3n2)c1. The Morgan fingerprint density at radius 3 is 3.00 bits per heavy atom. The van der Waals surface area contributed by atoms with Crippen LogP contribution in [0.5, 0.6) is 5.75 Å². The van der Waals surface area contributed by atoms with Gasteiger partial charge < -0.3 is 4.74 Å². The number of thiophene rings is 1. The van der Waals surface area contributed by atoms with Crippen molar-refractivity contribution in [2.75, 3.05) is 0 Å². The quantitative estimate of drug-likeness (QED) is 0.623. The van der Waals surface area contributed by atoms with Gasteiger partial charge in [-0.15, -0.1) is 11.3 Å². The third-order valence-electron chi connectivity index (χ3n) is 3.20. The summed E-state index contributed by atoms with van der Waals surface area (Å²) in [5.74, 6) is 0.307. The molecule has 0 spiro atoms. The molecule has 0 amide bonds. The summed E-state index contributed by atoms with van der Waals surface area (Å²) in [6, 6.07) is 6.31. The highest BCUT2D eigenvalue weighted by molar-refractivity contribution is 7.17. The highest BCUT2D eigenvalue weighted by atomic mass is 32.1. The monoisotopic (exact) mass is 327 g/mol. The van der Waals surface area contributed by atoms with E-state index in [9.17, 15) is 4.39 Å². The van der Waals surface area contributed by atoms with E-state index >= 15 is 0 Å². The largest absolute Gasteiger partial charge is 0.486 e. The van der Waals surface area contributed by atoms with Gasteiger partial charge in [0.2, 0.25) is 0 Å². The van der Waals surface area contributed by atoms with Crippen LogP contribution < -0.4 is 4.74 Å². The normalized spacial score (nSPS) is 11.0. The molecule has 0 fully saturated rings. The second-order valence-electron chi connectivity index (χ2n) is 4.75. The Labute approximate surface area is 134 Å². The molecule has 4 heterocycles. The Bertz CT molecular complexity index is 954. The fraction of sp³-hybridized carbons (Fsp3) is 0.0667. The van der Waals surface area contributed by atoms with E-state index in [1.807, 2.05) is 11.4 Å². The highest BCUT2D eigenvalue weighted by Crippen LogP contribution is 2.33. The molecule has 114 valence electrons. The molecule has 4 aromatic heterocycles. The van der Waals surface area contributed by atoms with Crippen LogP contribution in [0, 0.1) is 5.82 Å². The molecule has 0 bridgehead atoms. The van der Waals surface area contributed by atoms with Crippen molar-refractivity contribution >= 4 is 21.6 Å². The minimum atomic E-state index is -0.354. The van der Waals surface area contributed by atoms with Crippen LogP contribution in [0.2, 0.25) is 0 Å². The minimum Gasteiger partial charge on any atom is -0.486 e. The third kappa shape index (κ3) is 2.76. The second kappa shape index (κ2) is 5.73. The van der Waals surface area contributed by atoms with Gasteiger partial charge in [-0.1, -0.05) is 0 Å². The van der Waals surface area contributed by atoms with Crippen LogP contribution in [0.1, 0.15) is 5.69 Å². The molecule has 0 aromatic carbocycles. The van der Waals surface area contributed by atoms with E-state index in [0.29, 0.717) is 22.8 Å². The van der Waals surface area contributed by atoms with Gasteiger partial charge in [-0.05, 0) is 17.5 Å². The Kier molecular flexibility index (Phi) is 3.43. The van der Waals surface area contributed by atoms with E-state index in [2.05, 4.69) is 25.4 Å². The number of fused-ring (bicyclic) bond motifs is 1. The second-order valence-corrected chi connectivity index (χ2v) is 5.67. The van der Waals surface area contributed by atoms with Gasteiger partial charge in [0.05, 0.1) is 27.8 Å². The standard InChI is InChI=1S/C15H10FN5OS/c16-9-1-3-17-12(5-9)13-6-14(15-11(19-13)2-4-23-15)22-8-10-7-18-21-20-10/h1-7H,8H2,(H,18,20,21). The molecule has 8 heteroatoms. The van der Waals surface area contributed by atoms with Crippen molar-refractivity contribution in [1.82, 2.24) is 25.4 Å². The van der Waals surface area contributed by atoms with E-state index in [0.717, 1.165) is 10.2 Å². The van der Waals surface area contributed by atoms with E-state index < -0.39 is 0 Å². The lowest BCUT2D eigenvalue weighted by atomic mass is 10.2. The third-order valence-corrected chi connectivity index (χ3v) is 4.12. The summed E-state index contributed by atoms with van der Waals surface area (Å²) in [7, 11) is 0. The number of aromatic nitrogens is 5. The molecule has 1 N–H and O–H groups in total. The topological polar surface area (TPSA) is 76.6 Å². The van der Waals surface area contributed by atoms with Gasteiger partial charge in [0.15, 0.2) is 0 Å². The lowest BCUT2D eigenvalue weighted by Gasteiger charge is -2.08. The lowest BCUT2D eigenvalue weighted by Crippen LogP contribution is -1.97. The van der Waals surface area contributed by atoms with Crippen molar-refractivity contribution in [2.24, 2.45) is 0 Å². The van der Waals surface area contributed by atoms with Crippen molar-refractivity contribution in [1.29, 1.82) is 0 Å². The van der Waals surface area contributed by atoms with Crippen LogP contribution in [-0.4, -0.2) is 25.4 Å². The predicted molar refractivity (Wildman–Crippen MR) is 83.5 cm³/mol. The van der Waals surface area contributed by atoms with Crippen LogP contribution in [0.4, 0.5) is 4.39 Å². The van der Waals surface area contributed by atoms with Crippen molar-refractivity contribution in [3.8, 4) is 17.1 Å². The number of halogens is 1. The number of hydrogen-bond acceptors (Lipinski definition) is 6. The molecule has 0 radical (unpaired) electrons. The minimum absolute atomic E-state index is 0.281. The molecule has 0 unspecified atom stereocenters. The molecule has 0 aliphatic heterocycles. The summed E-state index contributed by atoms with van der Waals surface area (Å²) in [5, 5.41) is 12.2. The Hall–Kier alpha value is -2.87. The van der Waals surface area contributed by atoms with Crippen molar-refractivity contribution < 1.29 is 9.13 Å². The molecule has 0 atom stereocenters. The summed E-state index contributed by atoms with van der Waals surface area (Å²) in [6.07, 6.45) is 3.02. The first-order valence-corrected chi connectivity index (χ1v) is 7.65. The maximum absolute atomic E-state index is 13.4. The molecule has 0 saturated heterocycles. The molecule has 6 nitrogen and oxygen atoms in total. The van der Waals surface area contributed by atoms with Crippen molar-refractivity contribution in [3.05, 3.63) is 53.6 Å². The van der Waals surface area contributed by atoms with Gasteiger partial charge in [0, 0.05) is 18.3 Å². The molecule has 4 aromatic rings. The summed E-state index contributed by atoms with van der Waals surface area (Å²) >= 11 is 1.53. The van der Waals surface area contributed by atoms with E-state index in [1.165, 1.54) is 29.7 Å². The van der Waals surface area contributed by atoms with Gasteiger partial charge in [-0.3, -0.25) is 4.98 Å². The fourth-order valence-corrected chi connectivity index (χ4v) is 2.96. The highest BCUT2D eigenvalue weighted by Gasteiger charge is 2.12. The first-order valence-electron chi connectivity index (χ1n) is 6.77. The summed E-state index contributed by atoms with van der Waals surface area (Å²) in [4.78, 5) is 8.69. The number of aromatic amines is 1. The summed E-state index contributed by atoms with van der Waals surface area (Å²) in [5.41, 5.74) is 2.50. The predicted octanol–water partition coefficient (Wildman–Crippen LogP) is 3.19. The molecule has 4 rings (SSSR count). The van der Waals surface area contributed by atoms with Crippen LogP contribution >= 0.6 is 11.3 Å². The number of pyridine rings is 2. The fourth-order valence-electron chi connectivity index (χ4n) is 2.16. The first kappa shape index (κ1) is 13.8. The zero-order chi connectivity index (χ0) is 15.6. The molecule has 0 saturated carbocycles. The first-order chi connectivity index (χ1) is 11.3. The molecule has 0 aliphatic rings. The number of hydrogen-bond donors (Lipinski definition) is 1. The molecule has 23 heavy (non-hydrogen) atoms. The van der Waals surface area contributed by atoms with Gasteiger partial charge in [0.1, 0.15) is 23.9 Å². The number of ether oxygens (including phenoxy) is 1. The van der Waals surface area contributed by atoms with Crippen LogP contribution in [0.3, 0.4) is 0 Å². The molecular formula is C15H10FN5OS. The summed E-state index contributed by atoms with van der Waals surface area (Å²) in [6.45, 7) is 0.281. The average molecular weight is 327 g/mol. The van der Waals surface area contributed by atoms with E-state index in [4.69, 9.17) is 4.74 Å². The van der Waals surface area contributed by atoms with Crippen LogP contribution in [-0.2, 0) is 6.61 Å². The van der Waals surface area contributed by atoms with Crippen molar-refractivity contribution in [3.63, 3.8) is 0 Å². The van der Waals surface area contributed by atoms with Crippen molar-refractivity contribution in [2.45, 2.75) is 6.61 Å². The smallest absolute Gasteiger partial charge is 0.141 e.